The summed E-state index contributed by atoms with van der Waals surface area (Å²) < 4.78 is 0. The van der Waals surface area contributed by atoms with Crippen molar-refractivity contribution in [3.05, 3.63) is 59.7 Å². The van der Waals surface area contributed by atoms with E-state index in [0.29, 0.717) is 0 Å². The molecule has 0 heterocycles. The number of hydrogen-bond acceptors (Lipinski definition) is 2. The lowest BCUT2D eigenvalue weighted by Crippen LogP contribution is -2.18. The standard InChI is InChI=1S/C15H16O2/c1-15(2,11-3-7-13(16)8-4-11)12-5-9-14(17)10-6-12/h3-10,16-17H,1-2H3/i3+1,4+1,5+1,6+1,7+1,8+1,9+1,10+1,11+1,12+1,13+1,14+1. The quantitative estimate of drug-likeness (QED) is 0.844. The SMILES string of the molecule is CC(C)([13c]1[13cH][13cH][13c](O)[13cH][13cH]1)[13c]1[13cH][13cH][13c](O)[13cH][13cH]1. The van der Waals surface area contributed by atoms with Gasteiger partial charge >= 0.3 is 0 Å². The molecule has 0 saturated carbocycles. The zero-order valence-corrected chi connectivity index (χ0v) is 10.0. The van der Waals surface area contributed by atoms with E-state index in [1.54, 1.807) is 24.3 Å². The van der Waals surface area contributed by atoms with Gasteiger partial charge in [-0.1, -0.05) is 38.1 Å². The van der Waals surface area contributed by atoms with Crippen molar-refractivity contribution in [2.45, 2.75) is 19.3 Å². The fourth-order valence-corrected chi connectivity index (χ4v) is 1.92. The molecule has 2 heteroatoms. The zero-order valence-electron chi connectivity index (χ0n) is 10.0. The highest BCUT2D eigenvalue weighted by atomic mass is 16.3. The molecule has 0 amide bonds. The summed E-state index contributed by atoms with van der Waals surface area (Å²) in [6.07, 6.45) is 0. The van der Waals surface area contributed by atoms with Crippen LogP contribution in [0.2, 0.25) is 0 Å². The van der Waals surface area contributed by atoms with Gasteiger partial charge in [0.15, 0.2) is 0 Å². The second-order valence-electron chi connectivity index (χ2n) is 4.72. The van der Waals surface area contributed by atoms with Gasteiger partial charge in [-0.3, -0.25) is 0 Å². The van der Waals surface area contributed by atoms with E-state index in [-0.39, 0.29) is 16.9 Å². The molecule has 0 bridgehead atoms. The highest BCUT2D eigenvalue weighted by molar-refractivity contribution is 5.41. The lowest BCUT2D eigenvalue weighted by molar-refractivity contribution is 0.474. The lowest BCUT2D eigenvalue weighted by atomic mass is 10.1. The predicted octanol–water partition coefficient (Wildman–Crippen LogP) is 3.42. The Hall–Kier alpha value is -1.96. The van der Waals surface area contributed by atoms with Crippen LogP contribution in [-0.4, -0.2) is 10.2 Å². The molecule has 0 spiro atoms. The van der Waals surface area contributed by atoms with Crippen LogP contribution in [0.1, 0.15) is 25.0 Å². The summed E-state index contributed by atoms with van der Waals surface area (Å²) in [5.74, 6) is 0.547. The van der Waals surface area contributed by atoms with Gasteiger partial charge in [-0.05, 0) is 35.4 Å². The van der Waals surface area contributed by atoms with Gasteiger partial charge in [-0.15, -0.1) is 0 Å². The molecule has 0 aliphatic rings. The van der Waals surface area contributed by atoms with Crippen molar-refractivity contribution in [2.75, 3.05) is 0 Å². The average Bonchev–Trinajstić information content (AvgIpc) is 2.30. The van der Waals surface area contributed by atoms with Crippen molar-refractivity contribution in [3.63, 3.8) is 0 Å². The Morgan fingerprint density at radius 2 is 0.941 bits per heavy atom. The van der Waals surface area contributed by atoms with Gasteiger partial charge in [-0.2, -0.15) is 0 Å². The topological polar surface area (TPSA) is 40.5 Å². The molecule has 2 aromatic carbocycles. The van der Waals surface area contributed by atoms with E-state index in [9.17, 15) is 10.2 Å². The molecule has 0 unspecified atom stereocenters. The normalized spacial score (nSPS) is 11.4. The van der Waals surface area contributed by atoms with Crippen LogP contribution in [0, 0.1) is 0 Å². The molecule has 17 heavy (non-hydrogen) atoms. The second kappa shape index (κ2) is 4.13. The van der Waals surface area contributed by atoms with Crippen LogP contribution in [-0.2, 0) is 5.41 Å². The molecular weight excluding hydrogens is 224 g/mol. The van der Waals surface area contributed by atoms with Crippen molar-refractivity contribution < 1.29 is 10.2 Å². The third-order valence-corrected chi connectivity index (χ3v) is 3.18. The highest BCUT2D eigenvalue weighted by Gasteiger charge is 2.22. The maximum absolute atomic E-state index is 9.30. The summed E-state index contributed by atoms with van der Waals surface area (Å²) in [6, 6.07) is 14.4. The van der Waals surface area contributed by atoms with Gasteiger partial charge < -0.3 is 10.2 Å². The molecule has 0 aliphatic heterocycles. The van der Waals surface area contributed by atoms with Gasteiger partial charge in [0.1, 0.15) is 11.5 Å². The van der Waals surface area contributed by atoms with Gasteiger partial charge in [0.25, 0.3) is 0 Å². The van der Waals surface area contributed by atoms with Gasteiger partial charge in [0, 0.05) is 5.41 Å². The van der Waals surface area contributed by atoms with Gasteiger partial charge in [-0.25, -0.2) is 0 Å². The van der Waals surface area contributed by atoms with Crippen LogP contribution >= 0.6 is 0 Å². The Kier molecular flexibility index (Phi) is 2.80. The third kappa shape index (κ3) is 2.26. The van der Waals surface area contributed by atoms with Crippen LogP contribution in [0.5, 0.6) is 11.5 Å². The molecule has 2 nitrogen and oxygen atoms in total. The van der Waals surface area contributed by atoms with E-state index in [0.717, 1.165) is 11.1 Å². The molecule has 0 aromatic heterocycles. The molecule has 0 radical (unpaired) electrons. The van der Waals surface area contributed by atoms with Crippen LogP contribution in [0.4, 0.5) is 0 Å². The van der Waals surface area contributed by atoms with E-state index in [2.05, 4.69) is 13.8 Å². The average molecular weight is 240 g/mol. The number of hydrogen-bond donors (Lipinski definition) is 2. The Morgan fingerprint density at radius 1 is 0.647 bits per heavy atom. The summed E-state index contributed by atoms with van der Waals surface area (Å²) in [5.41, 5.74) is 2.10. The first kappa shape index (κ1) is 11.5. The van der Waals surface area contributed by atoms with Crippen LogP contribution in [0.15, 0.2) is 48.5 Å². The van der Waals surface area contributed by atoms with Gasteiger partial charge in [0.2, 0.25) is 0 Å². The third-order valence-electron chi connectivity index (χ3n) is 3.18. The fraction of sp³-hybridized carbons (Fsp3) is 0.200. The number of phenols is 2. The summed E-state index contributed by atoms with van der Waals surface area (Å²) in [4.78, 5) is 0. The molecule has 2 aromatic rings. The Morgan fingerprint density at radius 3 is 1.24 bits per heavy atom. The monoisotopic (exact) mass is 240 g/mol. The van der Waals surface area contributed by atoms with E-state index >= 15 is 0 Å². The predicted molar refractivity (Wildman–Crippen MR) is 68.3 cm³/mol. The van der Waals surface area contributed by atoms with E-state index < -0.39 is 0 Å². The van der Waals surface area contributed by atoms with E-state index in [1.807, 2.05) is 24.3 Å². The molecule has 0 saturated heterocycles. The first-order valence-corrected chi connectivity index (χ1v) is 5.59. The fourth-order valence-electron chi connectivity index (χ4n) is 1.92. The molecular formula is C15H16O2. The van der Waals surface area contributed by atoms with Crippen molar-refractivity contribution in [1.82, 2.24) is 0 Å². The van der Waals surface area contributed by atoms with Crippen LogP contribution < -0.4 is 0 Å². The minimum atomic E-state index is -0.151. The number of aromatic hydroxyl groups is 2. The maximum Gasteiger partial charge on any atom is 0.115 e. The molecule has 2 N–H and O–H groups in total. The summed E-state index contributed by atoms with van der Waals surface area (Å²) in [7, 11) is 0. The lowest BCUT2D eigenvalue weighted by Gasteiger charge is -2.26. The van der Waals surface area contributed by atoms with Crippen molar-refractivity contribution in [2.24, 2.45) is 0 Å². The van der Waals surface area contributed by atoms with Crippen molar-refractivity contribution in [1.29, 1.82) is 0 Å². The minimum Gasteiger partial charge on any atom is -0.508 e. The maximum atomic E-state index is 9.30. The Balaban J connectivity index is 2.41. The number of rotatable bonds is 2. The summed E-state index contributed by atoms with van der Waals surface area (Å²) in [6.45, 7) is 4.23. The second-order valence-corrected chi connectivity index (χ2v) is 4.72. The summed E-state index contributed by atoms with van der Waals surface area (Å²) in [5, 5.41) is 18.6. The van der Waals surface area contributed by atoms with Crippen LogP contribution in [0.25, 0.3) is 0 Å². The first-order chi connectivity index (χ1) is 8.00. The molecule has 2 rings (SSSR count). The molecule has 0 atom stereocenters. The zero-order chi connectivity index (χ0) is 12.5. The smallest absolute Gasteiger partial charge is 0.115 e. The minimum absolute atomic E-state index is 0.151. The highest BCUT2D eigenvalue weighted by Crippen LogP contribution is 2.32. The number of phenolic OH excluding ortho intramolecular Hbond substituents is 2. The summed E-state index contributed by atoms with van der Waals surface area (Å²) >= 11 is 0. The largest absolute Gasteiger partial charge is 0.508 e. The van der Waals surface area contributed by atoms with Gasteiger partial charge in [0.05, 0.1) is 0 Å². The molecule has 0 fully saturated rings. The molecule has 88 valence electrons. The van der Waals surface area contributed by atoms with Crippen molar-refractivity contribution in [3.8, 4) is 11.5 Å². The molecule has 0 aliphatic carbocycles. The van der Waals surface area contributed by atoms with E-state index in [1.165, 1.54) is 0 Å². The Bertz CT molecular complexity index is 448. The first-order valence-electron chi connectivity index (χ1n) is 5.59. The van der Waals surface area contributed by atoms with E-state index in [4.69, 9.17) is 0 Å². The Labute approximate surface area is 101 Å². The number of benzene rings is 2. The van der Waals surface area contributed by atoms with Crippen molar-refractivity contribution >= 4 is 0 Å². The van der Waals surface area contributed by atoms with Crippen LogP contribution in [0.3, 0.4) is 0 Å².